The number of ether oxygens (including phenoxy) is 1. The molecule has 4 heteroatoms. The highest BCUT2D eigenvalue weighted by Crippen LogP contribution is 2.25. The molecule has 0 fully saturated rings. The van der Waals surface area contributed by atoms with Gasteiger partial charge in [0.15, 0.2) is 5.76 Å². The fraction of sp³-hybridized carbons (Fsp3) is 0.143. The van der Waals surface area contributed by atoms with Crippen molar-refractivity contribution in [2.45, 2.75) is 6.42 Å². The predicted molar refractivity (Wildman–Crippen MR) is 70.8 cm³/mol. The average molecular weight is 260 g/mol. The lowest BCUT2D eigenvalue weighted by Crippen LogP contribution is -1.91. The summed E-state index contributed by atoms with van der Waals surface area (Å²) in [5, 5.41) is 3.50. The molecule has 0 N–H and O–H groups in total. The number of methoxy groups -OCH3 is 1. The Bertz CT molecular complexity index is 619. The minimum absolute atomic E-state index is 0.367. The van der Waals surface area contributed by atoms with Crippen molar-refractivity contribution in [1.82, 2.24) is 0 Å². The summed E-state index contributed by atoms with van der Waals surface area (Å²) in [6.45, 7) is 0. The lowest BCUT2D eigenvalue weighted by atomic mass is 10.0. The lowest BCUT2D eigenvalue weighted by molar-refractivity contribution is 0.307. The summed E-state index contributed by atoms with van der Waals surface area (Å²) in [5.74, 6) is 0.633. The summed E-state index contributed by atoms with van der Waals surface area (Å²) >= 11 is 6.07. The highest BCUT2D eigenvalue weighted by molar-refractivity contribution is 6.31. The third-order valence-electron chi connectivity index (χ3n) is 2.52. The first-order valence-corrected chi connectivity index (χ1v) is 5.69. The minimum Gasteiger partial charge on any atom is -0.489 e. The molecule has 0 amide bonds. The molecule has 0 atom stereocenters. The van der Waals surface area contributed by atoms with E-state index in [0.29, 0.717) is 22.9 Å². The summed E-state index contributed by atoms with van der Waals surface area (Å²) in [6, 6.07) is 4.93. The lowest BCUT2D eigenvalue weighted by Gasteiger charge is -2.05. The Hall–Kier alpha value is -2.05. The highest BCUT2D eigenvalue weighted by atomic mass is 35.5. The van der Waals surface area contributed by atoms with Gasteiger partial charge >= 0.3 is 0 Å². The molecule has 1 aliphatic carbocycles. The molecule has 0 aliphatic heterocycles. The average Bonchev–Trinajstić information content (AvgIpc) is 2.42. The Morgan fingerprint density at radius 1 is 1.33 bits per heavy atom. The first-order chi connectivity index (χ1) is 8.72. The van der Waals surface area contributed by atoms with E-state index in [1.54, 1.807) is 25.3 Å². The van der Waals surface area contributed by atoms with Gasteiger partial charge in [0.1, 0.15) is 5.69 Å². The quantitative estimate of drug-likeness (QED) is 0.604. The van der Waals surface area contributed by atoms with Crippen LogP contribution in [-0.4, -0.2) is 7.11 Å². The Balaban J connectivity index is 2.31. The third-order valence-corrected chi connectivity index (χ3v) is 2.89. The fourth-order valence-corrected chi connectivity index (χ4v) is 1.77. The SMILES string of the molecule is COC1=C=C=C(Cc2cc(N=O)ccc2Cl)C=C1. The molecule has 0 saturated heterocycles. The van der Waals surface area contributed by atoms with Crippen molar-refractivity contribution in [3.63, 3.8) is 0 Å². The fourth-order valence-electron chi connectivity index (χ4n) is 1.58. The van der Waals surface area contributed by atoms with Crippen LogP contribution >= 0.6 is 11.6 Å². The van der Waals surface area contributed by atoms with Crippen LogP contribution in [0.25, 0.3) is 0 Å². The summed E-state index contributed by atoms with van der Waals surface area (Å²) in [7, 11) is 1.58. The standard InChI is InChI=1S/C14H10ClNO2/c1-18-13-5-2-10(3-6-13)8-11-9-12(16-17)4-7-14(11)15/h2,4-5,7,9H,8H2,1H3. The molecular weight excluding hydrogens is 250 g/mol. The molecule has 90 valence electrons. The maximum atomic E-state index is 10.5. The van der Waals surface area contributed by atoms with Gasteiger partial charge in [0.25, 0.3) is 0 Å². The van der Waals surface area contributed by atoms with E-state index in [-0.39, 0.29) is 0 Å². The molecule has 0 radical (unpaired) electrons. The largest absolute Gasteiger partial charge is 0.489 e. The number of allylic oxidation sites excluding steroid dienone is 3. The Kier molecular flexibility index (Phi) is 3.81. The van der Waals surface area contributed by atoms with Gasteiger partial charge < -0.3 is 4.74 Å². The van der Waals surface area contributed by atoms with Gasteiger partial charge in [-0.3, -0.25) is 0 Å². The number of nitrogens with zero attached hydrogens (tertiary/aromatic N) is 1. The van der Waals surface area contributed by atoms with Crippen LogP contribution in [0, 0.1) is 4.91 Å². The second-order valence-corrected chi connectivity index (χ2v) is 4.13. The topological polar surface area (TPSA) is 38.7 Å². The number of hydrogen-bond acceptors (Lipinski definition) is 3. The summed E-state index contributed by atoms with van der Waals surface area (Å²) < 4.78 is 5.01. The first kappa shape index (κ1) is 12.4. The minimum atomic E-state index is 0.367. The maximum Gasteiger partial charge on any atom is 0.169 e. The van der Waals surface area contributed by atoms with Crippen LogP contribution < -0.4 is 0 Å². The van der Waals surface area contributed by atoms with Gasteiger partial charge in [0, 0.05) is 17.0 Å². The van der Waals surface area contributed by atoms with Gasteiger partial charge in [-0.15, -0.1) is 4.91 Å². The molecular formula is C14H10ClNO2. The number of halogens is 1. The molecule has 0 saturated carbocycles. The number of rotatable bonds is 4. The van der Waals surface area contributed by atoms with Gasteiger partial charge in [0.05, 0.1) is 7.11 Å². The second kappa shape index (κ2) is 5.52. The zero-order valence-corrected chi connectivity index (χ0v) is 10.5. The number of nitroso groups, excluding NO2 is 1. The Morgan fingerprint density at radius 2 is 2.17 bits per heavy atom. The van der Waals surface area contributed by atoms with Gasteiger partial charge in [-0.05, 0) is 46.8 Å². The van der Waals surface area contributed by atoms with E-state index < -0.39 is 0 Å². The van der Waals surface area contributed by atoms with Crippen LogP contribution in [0.1, 0.15) is 5.56 Å². The summed E-state index contributed by atoms with van der Waals surface area (Å²) in [5.41, 5.74) is 7.98. The zero-order chi connectivity index (χ0) is 13.0. The van der Waals surface area contributed by atoms with Crippen molar-refractivity contribution in [2.75, 3.05) is 7.11 Å². The maximum absolute atomic E-state index is 10.5. The number of hydrogen-bond donors (Lipinski definition) is 0. The van der Waals surface area contributed by atoms with Crippen molar-refractivity contribution < 1.29 is 4.74 Å². The van der Waals surface area contributed by atoms with E-state index in [9.17, 15) is 4.91 Å². The van der Waals surface area contributed by atoms with Crippen LogP contribution in [0.15, 0.2) is 58.3 Å². The van der Waals surface area contributed by atoms with Crippen LogP contribution in [0.5, 0.6) is 0 Å². The van der Waals surface area contributed by atoms with Crippen molar-refractivity contribution in [1.29, 1.82) is 0 Å². The van der Waals surface area contributed by atoms with E-state index in [0.717, 1.165) is 11.1 Å². The van der Waals surface area contributed by atoms with Crippen LogP contribution in [0.3, 0.4) is 0 Å². The molecule has 0 spiro atoms. The van der Waals surface area contributed by atoms with E-state index in [4.69, 9.17) is 16.3 Å². The van der Waals surface area contributed by atoms with Gasteiger partial charge in [-0.25, -0.2) is 0 Å². The molecule has 1 aliphatic rings. The van der Waals surface area contributed by atoms with E-state index in [1.165, 1.54) is 0 Å². The molecule has 1 aromatic rings. The van der Waals surface area contributed by atoms with Crippen LogP contribution in [0.2, 0.25) is 5.02 Å². The summed E-state index contributed by atoms with van der Waals surface area (Å²) in [4.78, 5) is 10.5. The van der Waals surface area contributed by atoms with Crippen molar-refractivity contribution >= 4 is 17.3 Å². The van der Waals surface area contributed by atoms with Crippen molar-refractivity contribution in [3.8, 4) is 0 Å². The predicted octanol–water partition coefficient (Wildman–Crippen LogP) is 4.06. The third kappa shape index (κ3) is 2.79. The molecule has 0 bridgehead atoms. The zero-order valence-electron chi connectivity index (χ0n) is 9.74. The van der Waals surface area contributed by atoms with Gasteiger partial charge in [-0.2, -0.15) is 0 Å². The highest BCUT2D eigenvalue weighted by Gasteiger charge is 2.05. The molecule has 18 heavy (non-hydrogen) atoms. The molecule has 2 rings (SSSR count). The van der Waals surface area contributed by atoms with Crippen molar-refractivity contribution in [2.24, 2.45) is 5.18 Å². The van der Waals surface area contributed by atoms with Crippen LogP contribution in [0.4, 0.5) is 5.69 Å². The first-order valence-electron chi connectivity index (χ1n) is 5.31. The van der Waals surface area contributed by atoms with Gasteiger partial charge in [0.2, 0.25) is 0 Å². The van der Waals surface area contributed by atoms with E-state index in [2.05, 4.69) is 16.6 Å². The number of benzene rings is 1. The Morgan fingerprint density at radius 3 is 2.78 bits per heavy atom. The molecule has 0 aromatic heterocycles. The molecule has 3 nitrogen and oxygen atoms in total. The van der Waals surface area contributed by atoms with Crippen molar-refractivity contribution in [3.05, 3.63) is 68.6 Å². The molecule has 0 unspecified atom stereocenters. The smallest absolute Gasteiger partial charge is 0.169 e. The second-order valence-electron chi connectivity index (χ2n) is 3.72. The molecule has 1 aromatic carbocycles. The normalized spacial score (nSPS) is 13.0. The monoisotopic (exact) mass is 259 g/mol. The molecule has 0 heterocycles. The van der Waals surface area contributed by atoms with E-state index >= 15 is 0 Å². The van der Waals surface area contributed by atoms with E-state index in [1.807, 2.05) is 12.2 Å². The Labute approximate surface area is 110 Å². The summed E-state index contributed by atoms with van der Waals surface area (Å²) in [6.07, 6.45) is 4.26. The van der Waals surface area contributed by atoms with Gasteiger partial charge in [-0.1, -0.05) is 17.3 Å². The van der Waals surface area contributed by atoms with Crippen LogP contribution in [-0.2, 0) is 11.2 Å².